The lowest BCUT2D eigenvalue weighted by Gasteiger charge is -2.37. The highest BCUT2D eigenvalue weighted by Crippen LogP contribution is 2.27. The molecular weight excluding hydrogens is 406 g/mol. The number of benzene rings is 1. The van der Waals surface area contributed by atoms with E-state index in [4.69, 9.17) is 15.0 Å². The Bertz CT molecular complexity index is 768. The molecule has 0 radical (unpaired) electrons. The van der Waals surface area contributed by atoms with Crippen molar-refractivity contribution in [3.8, 4) is 0 Å². The van der Waals surface area contributed by atoms with Crippen LogP contribution in [0, 0.1) is 5.92 Å². The molecule has 0 aliphatic carbocycles. The number of aliphatic carboxylic acids is 1. The van der Waals surface area contributed by atoms with E-state index in [0.29, 0.717) is 24.4 Å². The molecule has 3 saturated heterocycles. The van der Waals surface area contributed by atoms with Gasteiger partial charge < -0.3 is 15.3 Å². The maximum absolute atomic E-state index is 10.9. The van der Waals surface area contributed by atoms with Crippen LogP contribution in [-0.2, 0) is 9.63 Å². The highest BCUT2D eigenvalue weighted by Gasteiger charge is 2.30. The largest absolute Gasteiger partial charge is 0.481 e. The molecule has 8 nitrogen and oxygen atoms in total. The van der Waals surface area contributed by atoms with Crippen molar-refractivity contribution in [2.24, 2.45) is 11.0 Å². The summed E-state index contributed by atoms with van der Waals surface area (Å²) in [4.78, 5) is 19.2. The van der Waals surface area contributed by atoms with Gasteiger partial charge in [-0.2, -0.15) is 10.6 Å². The Kier molecular flexibility index (Phi) is 7.78. The number of hydrogen-bond acceptors (Lipinski definition) is 7. The van der Waals surface area contributed by atoms with Crippen LogP contribution < -0.4 is 10.8 Å². The summed E-state index contributed by atoms with van der Waals surface area (Å²) in [7, 11) is 0. The van der Waals surface area contributed by atoms with E-state index in [1.54, 1.807) is 0 Å². The molecule has 0 spiro atoms. The number of hydroxylamine groups is 1. The predicted molar refractivity (Wildman–Crippen MR) is 124 cm³/mol. The SMILES string of the molecule is CC1CNCC(C)N1N=Cc1ccc(C2CC(CN3CCC(CC(=O)O)CC3)ON2)cc1. The maximum Gasteiger partial charge on any atom is 0.303 e. The summed E-state index contributed by atoms with van der Waals surface area (Å²) in [5, 5.41) is 19.3. The van der Waals surface area contributed by atoms with Gasteiger partial charge in [0.05, 0.1) is 30.4 Å². The minimum atomic E-state index is -0.681. The molecule has 0 bridgehead atoms. The molecule has 0 amide bonds. The number of hydrogen-bond donors (Lipinski definition) is 3. The fraction of sp³-hybridized carbons (Fsp3) is 0.667. The van der Waals surface area contributed by atoms with Crippen LogP contribution in [0.25, 0.3) is 0 Å². The lowest BCUT2D eigenvalue weighted by atomic mass is 9.93. The second kappa shape index (κ2) is 10.7. The molecule has 4 unspecified atom stereocenters. The first-order valence-corrected chi connectivity index (χ1v) is 12.0. The van der Waals surface area contributed by atoms with Crippen LogP contribution in [-0.4, -0.2) is 78.1 Å². The van der Waals surface area contributed by atoms with Gasteiger partial charge in [0.2, 0.25) is 0 Å². The number of rotatable bonds is 7. The number of nitrogens with zero attached hydrogens (tertiary/aromatic N) is 3. The van der Waals surface area contributed by atoms with Crippen LogP contribution in [0.2, 0.25) is 0 Å². The van der Waals surface area contributed by atoms with Crippen LogP contribution in [0.1, 0.15) is 56.7 Å². The van der Waals surface area contributed by atoms with Gasteiger partial charge in [0, 0.05) is 26.1 Å². The maximum atomic E-state index is 10.9. The molecule has 4 atom stereocenters. The Morgan fingerprint density at radius 3 is 2.53 bits per heavy atom. The molecule has 3 aliphatic heterocycles. The van der Waals surface area contributed by atoms with E-state index in [0.717, 1.165) is 57.5 Å². The fourth-order valence-corrected chi connectivity index (χ4v) is 5.06. The van der Waals surface area contributed by atoms with Crippen LogP contribution in [0.3, 0.4) is 0 Å². The number of piperidine rings is 1. The van der Waals surface area contributed by atoms with Gasteiger partial charge in [0.25, 0.3) is 0 Å². The molecule has 8 heteroatoms. The molecule has 3 heterocycles. The Labute approximate surface area is 190 Å². The number of nitrogens with one attached hydrogen (secondary N) is 2. The lowest BCUT2D eigenvalue weighted by Crippen LogP contribution is -2.52. The summed E-state index contributed by atoms with van der Waals surface area (Å²) < 4.78 is 0. The van der Waals surface area contributed by atoms with Crippen molar-refractivity contribution in [1.82, 2.24) is 20.7 Å². The standard InChI is InChI=1S/C24H37N5O3/c1-17-13-25-14-18(2)29(17)26-15-20-3-5-21(6-4-20)23-12-22(32-27-23)16-28-9-7-19(8-10-28)11-24(30)31/h3-6,15,17-19,22-23,25,27H,7-14,16H2,1-2H3,(H,30,31). The summed E-state index contributed by atoms with van der Waals surface area (Å²) in [6, 6.07) is 9.56. The number of hydrazone groups is 1. The van der Waals surface area contributed by atoms with Crippen molar-refractivity contribution >= 4 is 12.2 Å². The summed E-state index contributed by atoms with van der Waals surface area (Å²) >= 11 is 0. The van der Waals surface area contributed by atoms with Crippen LogP contribution >= 0.6 is 0 Å². The zero-order chi connectivity index (χ0) is 22.5. The summed E-state index contributed by atoms with van der Waals surface area (Å²) in [6.45, 7) is 9.15. The molecule has 3 aliphatic rings. The molecule has 3 fully saturated rings. The average Bonchev–Trinajstić information content (AvgIpc) is 3.23. The van der Waals surface area contributed by atoms with Crippen molar-refractivity contribution in [1.29, 1.82) is 0 Å². The van der Waals surface area contributed by atoms with E-state index < -0.39 is 5.97 Å². The van der Waals surface area contributed by atoms with E-state index in [1.165, 1.54) is 5.56 Å². The third-order valence-corrected chi connectivity index (χ3v) is 6.97. The van der Waals surface area contributed by atoms with E-state index in [2.05, 4.69) is 58.8 Å². The van der Waals surface area contributed by atoms with Gasteiger partial charge in [-0.25, -0.2) is 0 Å². The summed E-state index contributed by atoms with van der Waals surface area (Å²) in [5.74, 6) is -0.362. The smallest absolute Gasteiger partial charge is 0.303 e. The minimum absolute atomic E-state index is 0.160. The van der Waals surface area contributed by atoms with Gasteiger partial charge in [0.1, 0.15) is 0 Å². The highest BCUT2D eigenvalue weighted by molar-refractivity contribution is 5.79. The average molecular weight is 444 g/mol. The fourth-order valence-electron chi connectivity index (χ4n) is 5.06. The van der Waals surface area contributed by atoms with Gasteiger partial charge in [-0.3, -0.25) is 14.6 Å². The molecule has 4 rings (SSSR count). The Balaban J connectivity index is 1.24. The number of carboxylic acid groups (broad SMARTS) is 1. The third-order valence-electron chi connectivity index (χ3n) is 6.97. The molecule has 3 N–H and O–H groups in total. The lowest BCUT2D eigenvalue weighted by molar-refractivity contribution is -0.138. The number of carboxylic acids is 1. The first kappa shape index (κ1) is 23.2. The predicted octanol–water partition coefficient (Wildman–Crippen LogP) is 2.22. The van der Waals surface area contributed by atoms with E-state index in [1.807, 2.05) is 6.21 Å². The van der Waals surface area contributed by atoms with Crippen molar-refractivity contribution in [3.05, 3.63) is 35.4 Å². The Morgan fingerprint density at radius 1 is 1.19 bits per heavy atom. The highest BCUT2D eigenvalue weighted by atomic mass is 16.7. The van der Waals surface area contributed by atoms with Gasteiger partial charge >= 0.3 is 5.97 Å². The van der Waals surface area contributed by atoms with Gasteiger partial charge in [0.15, 0.2) is 0 Å². The van der Waals surface area contributed by atoms with E-state index >= 15 is 0 Å². The monoisotopic (exact) mass is 443 g/mol. The number of piperazine rings is 1. The van der Waals surface area contributed by atoms with Gasteiger partial charge in [-0.05, 0) is 63.2 Å². The molecule has 0 aromatic heterocycles. The zero-order valence-electron chi connectivity index (χ0n) is 19.2. The molecule has 0 saturated carbocycles. The third kappa shape index (κ3) is 6.07. The van der Waals surface area contributed by atoms with Crippen molar-refractivity contribution in [2.75, 3.05) is 32.7 Å². The van der Waals surface area contributed by atoms with Crippen LogP contribution in [0.15, 0.2) is 29.4 Å². The van der Waals surface area contributed by atoms with Crippen LogP contribution in [0.5, 0.6) is 0 Å². The van der Waals surface area contributed by atoms with Crippen LogP contribution in [0.4, 0.5) is 0 Å². The number of likely N-dealkylation sites (tertiary alicyclic amines) is 1. The molecule has 32 heavy (non-hydrogen) atoms. The van der Waals surface area contributed by atoms with E-state index in [9.17, 15) is 4.79 Å². The molecule has 176 valence electrons. The zero-order valence-corrected chi connectivity index (χ0v) is 19.2. The Morgan fingerprint density at radius 2 is 1.88 bits per heavy atom. The first-order chi connectivity index (χ1) is 15.5. The summed E-state index contributed by atoms with van der Waals surface area (Å²) in [5.41, 5.74) is 5.54. The first-order valence-electron chi connectivity index (χ1n) is 12.0. The quantitative estimate of drug-likeness (QED) is 0.557. The second-order valence-electron chi connectivity index (χ2n) is 9.64. The normalized spacial score (nSPS) is 30.2. The summed E-state index contributed by atoms with van der Waals surface area (Å²) in [6.07, 6.45) is 5.28. The van der Waals surface area contributed by atoms with Crippen molar-refractivity contribution in [2.45, 2.75) is 63.8 Å². The topological polar surface area (TPSA) is 89.4 Å². The molecule has 1 aromatic rings. The molecular formula is C24H37N5O3. The number of carbonyl (C=O) groups is 1. The van der Waals surface area contributed by atoms with Crippen molar-refractivity contribution in [3.63, 3.8) is 0 Å². The molecule has 1 aromatic carbocycles. The van der Waals surface area contributed by atoms with Gasteiger partial charge in [-0.1, -0.05) is 24.3 Å². The Hall–Kier alpha value is -2.00. The van der Waals surface area contributed by atoms with Gasteiger partial charge in [-0.15, -0.1) is 0 Å². The van der Waals surface area contributed by atoms with Crippen molar-refractivity contribution < 1.29 is 14.7 Å². The van der Waals surface area contributed by atoms with E-state index in [-0.39, 0.29) is 12.1 Å². The minimum Gasteiger partial charge on any atom is -0.481 e. The second-order valence-corrected chi connectivity index (χ2v) is 9.64.